The summed E-state index contributed by atoms with van der Waals surface area (Å²) in [5.41, 5.74) is 0. The van der Waals surface area contributed by atoms with E-state index >= 15 is 0 Å². The maximum absolute atomic E-state index is 11.0. The van der Waals surface area contributed by atoms with Gasteiger partial charge in [0.2, 0.25) is 5.91 Å². The summed E-state index contributed by atoms with van der Waals surface area (Å²) in [4.78, 5) is 21.0. The van der Waals surface area contributed by atoms with E-state index in [9.17, 15) is 18.0 Å². The van der Waals surface area contributed by atoms with Crippen molar-refractivity contribution in [2.24, 2.45) is 0 Å². The van der Waals surface area contributed by atoms with E-state index in [-0.39, 0.29) is 6.42 Å². The third-order valence-corrected chi connectivity index (χ3v) is 2.63. The smallest absolute Gasteiger partial charge is 0.265 e. The number of hydrogen-bond acceptors (Lipinski definition) is 4. The summed E-state index contributed by atoms with van der Waals surface area (Å²) in [6.45, 7) is 0.461. The minimum atomic E-state index is -4.06. The Labute approximate surface area is 95.2 Å². The Morgan fingerprint density at radius 1 is 1.25 bits per heavy atom. The number of hydrogen-bond donors (Lipinski definition) is 2. The number of carbonyl (C=O) groups is 2. The molecular weight excluding hydrogens is 234 g/mol. The fourth-order valence-electron chi connectivity index (χ4n) is 1.07. The van der Waals surface area contributed by atoms with Crippen molar-refractivity contribution < 1.29 is 22.6 Å². The quantitative estimate of drug-likeness (QED) is 0.345. The molecule has 7 heteroatoms. The van der Waals surface area contributed by atoms with Crippen LogP contribution in [-0.4, -0.2) is 37.5 Å². The molecule has 0 bridgehead atoms. The lowest BCUT2D eigenvalue weighted by Gasteiger charge is -2.03. The van der Waals surface area contributed by atoms with Gasteiger partial charge >= 0.3 is 0 Å². The lowest BCUT2D eigenvalue weighted by molar-refractivity contribution is -0.120. The predicted molar refractivity (Wildman–Crippen MR) is 58.6 cm³/mol. The second kappa shape index (κ2) is 8.23. The molecule has 0 aromatic rings. The van der Waals surface area contributed by atoms with E-state index in [1.807, 2.05) is 0 Å². The van der Waals surface area contributed by atoms with Crippen molar-refractivity contribution in [3.05, 3.63) is 0 Å². The van der Waals surface area contributed by atoms with E-state index in [4.69, 9.17) is 4.55 Å². The SMILES string of the molecule is O=CCCCCCNC(=O)CCS(=O)(=O)O. The Kier molecular flexibility index (Phi) is 7.74. The van der Waals surface area contributed by atoms with E-state index in [0.29, 0.717) is 13.0 Å². The van der Waals surface area contributed by atoms with Crippen molar-refractivity contribution in [3.63, 3.8) is 0 Å². The Balaban J connectivity index is 3.41. The molecule has 0 saturated heterocycles. The molecule has 6 nitrogen and oxygen atoms in total. The molecule has 0 atom stereocenters. The van der Waals surface area contributed by atoms with Crippen LogP contribution in [0.4, 0.5) is 0 Å². The average molecular weight is 251 g/mol. The van der Waals surface area contributed by atoms with E-state index in [1.165, 1.54) is 0 Å². The van der Waals surface area contributed by atoms with Gasteiger partial charge in [-0.15, -0.1) is 0 Å². The minimum absolute atomic E-state index is 0.229. The number of carbonyl (C=O) groups excluding carboxylic acids is 2. The monoisotopic (exact) mass is 251 g/mol. The van der Waals surface area contributed by atoms with Crippen LogP contribution in [0.15, 0.2) is 0 Å². The van der Waals surface area contributed by atoms with Crippen molar-refractivity contribution >= 4 is 22.3 Å². The first-order valence-corrected chi connectivity index (χ1v) is 6.72. The molecule has 0 saturated carbocycles. The molecule has 0 spiro atoms. The molecule has 0 aliphatic carbocycles. The zero-order chi connectivity index (χ0) is 12.4. The lowest BCUT2D eigenvalue weighted by atomic mass is 10.2. The Bertz CT molecular complexity index is 312. The van der Waals surface area contributed by atoms with Crippen LogP contribution in [-0.2, 0) is 19.7 Å². The largest absolute Gasteiger partial charge is 0.356 e. The second-order valence-corrected chi connectivity index (χ2v) is 4.97. The van der Waals surface area contributed by atoms with Gasteiger partial charge in [0.05, 0.1) is 5.75 Å². The van der Waals surface area contributed by atoms with Gasteiger partial charge in [-0.1, -0.05) is 6.42 Å². The highest BCUT2D eigenvalue weighted by atomic mass is 32.2. The molecule has 0 heterocycles. The van der Waals surface area contributed by atoms with Gasteiger partial charge in [0.15, 0.2) is 0 Å². The summed E-state index contributed by atoms with van der Waals surface area (Å²) < 4.78 is 29.0. The Morgan fingerprint density at radius 3 is 2.50 bits per heavy atom. The van der Waals surface area contributed by atoms with Crippen LogP contribution in [0, 0.1) is 0 Å². The third-order valence-electron chi connectivity index (χ3n) is 1.91. The fourth-order valence-corrected chi connectivity index (χ4v) is 1.51. The maximum atomic E-state index is 11.0. The van der Waals surface area contributed by atoms with Gasteiger partial charge in [-0.25, -0.2) is 0 Å². The molecule has 94 valence electrons. The van der Waals surface area contributed by atoms with Crippen molar-refractivity contribution in [1.29, 1.82) is 0 Å². The summed E-state index contributed by atoms with van der Waals surface area (Å²) in [7, 11) is -4.06. The lowest BCUT2D eigenvalue weighted by Crippen LogP contribution is -2.26. The van der Waals surface area contributed by atoms with E-state index < -0.39 is 21.8 Å². The molecule has 0 fully saturated rings. The summed E-state index contributed by atoms with van der Waals surface area (Å²) in [5.74, 6) is -0.947. The van der Waals surface area contributed by atoms with Crippen LogP contribution in [0.1, 0.15) is 32.1 Å². The van der Waals surface area contributed by atoms with Gasteiger partial charge < -0.3 is 10.1 Å². The molecule has 0 aromatic heterocycles. The summed E-state index contributed by atoms with van der Waals surface area (Å²) in [5, 5.41) is 2.53. The molecule has 0 aliphatic rings. The number of nitrogens with one attached hydrogen (secondary N) is 1. The number of amides is 1. The topological polar surface area (TPSA) is 101 Å². The van der Waals surface area contributed by atoms with Crippen molar-refractivity contribution in [3.8, 4) is 0 Å². The van der Waals surface area contributed by atoms with Gasteiger partial charge in [-0.2, -0.15) is 8.42 Å². The Hall–Kier alpha value is -0.950. The molecule has 0 aliphatic heterocycles. The van der Waals surface area contributed by atoms with E-state index in [1.54, 1.807) is 0 Å². The zero-order valence-corrected chi connectivity index (χ0v) is 9.83. The van der Waals surface area contributed by atoms with Gasteiger partial charge in [0, 0.05) is 19.4 Å². The van der Waals surface area contributed by atoms with Crippen molar-refractivity contribution in [1.82, 2.24) is 5.32 Å². The van der Waals surface area contributed by atoms with Crippen LogP contribution >= 0.6 is 0 Å². The fraction of sp³-hybridized carbons (Fsp3) is 0.778. The highest BCUT2D eigenvalue weighted by molar-refractivity contribution is 7.85. The van der Waals surface area contributed by atoms with E-state index in [2.05, 4.69) is 5.32 Å². The Morgan fingerprint density at radius 2 is 1.94 bits per heavy atom. The van der Waals surface area contributed by atoms with Crippen molar-refractivity contribution in [2.45, 2.75) is 32.1 Å². The molecule has 16 heavy (non-hydrogen) atoms. The number of rotatable bonds is 9. The van der Waals surface area contributed by atoms with Gasteiger partial charge in [-0.05, 0) is 12.8 Å². The standard InChI is InChI=1S/C9H17NO5S/c11-7-4-2-1-3-6-10-9(12)5-8-16(13,14)15/h7H,1-6,8H2,(H,10,12)(H,13,14,15). The number of unbranched alkanes of at least 4 members (excludes halogenated alkanes) is 3. The normalized spacial score (nSPS) is 11.1. The first kappa shape index (κ1) is 15.0. The summed E-state index contributed by atoms with van der Waals surface area (Å²) in [6.07, 6.45) is 3.54. The molecule has 0 rings (SSSR count). The molecule has 0 aromatic carbocycles. The molecule has 2 N–H and O–H groups in total. The first-order chi connectivity index (χ1) is 7.45. The van der Waals surface area contributed by atoms with E-state index in [0.717, 1.165) is 25.5 Å². The van der Waals surface area contributed by atoms with Crippen molar-refractivity contribution in [2.75, 3.05) is 12.3 Å². The van der Waals surface area contributed by atoms with Crippen LogP contribution in [0.25, 0.3) is 0 Å². The van der Waals surface area contributed by atoms with Gasteiger partial charge in [-0.3, -0.25) is 9.35 Å². The molecule has 1 amide bonds. The minimum Gasteiger partial charge on any atom is -0.356 e. The molecular formula is C9H17NO5S. The molecule has 0 unspecified atom stereocenters. The molecule has 0 radical (unpaired) electrons. The highest BCUT2D eigenvalue weighted by Crippen LogP contribution is 1.96. The maximum Gasteiger partial charge on any atom is 0.265 e. The number of aldehydes is 1. The second-order valence-electron chi connectivity index (χ2n) is 3.40. The highest BCUT2D eigenvalue weighted by Gasteiger charge is 2.08. The van der Waals surface area contributed by atoms with Crippen LogP contribution in [0.2, 0.25) is 0 Å². The first-order valence-electron chi connectivity index (χ1n) is 5.11. The van der Waals surface area contributed by atoms with Gasteiger partial charge in [0.1, 0.15) is 6.29 Å². The summed E-state index contributed by atoms with van der Waals surface area (Å²) in [6, 6.07) is 0. The zero-order valence-electron chi connectivity index (χ0n) is 9.02. The van der Waals surface area contributed by atoms with Crippen LogP contribution in [0.5, 0.6) is 0 Å². The predicted octanol–water partition coefficient (Wildman–Crippen LogP) is 0.140. The van der Waals surface area contributed by atoms with Gasteiger partial charge in [0.25, 0.3) is 10.1 Å². The van der Waals surface area contributed by atoms with Crippen LogP contribution in [0.3, 0.4) is 0 Å². The summed E-state index contributed by atoms with van der Waals surface area (Å²) >= 11 is 0. The van der Waals surface area contributed by atoms with Crippen LogP contribution < -0.4 is 5.32 Å². The average Bonchev–Trinajstić information content (AvgIpc) is 2.19. The third kappa shape index (κ3) is 11.1.